The van der Waals surface area contributed by atoms with Gasteiger partial charge < -0.3 is 5.11 Å². The number of rotatable bonds is 6. The van der Waals surface area contributed by atoms with Crippen LogP contribution in [0, 0.1) is 0 Å². The zero-order valence-electron chi connectivity index (χ0n) is 11.7. The van der Waals surface area contributed by atoms with Gasteiger partial charge in [-0.1, -0.05) is 0 Å². The van der Waals surface area contributed by atoms with Crippen LogP contribution in [0.4, 0.5) is 0 Å². The molecule has 2 aliphatic rings. The van der Waals surface area contributed by atoms with E-state index in [2.05, 4.69) is 17.1 Å². The zero-order chi connectivity index (χ0) is 14.0. The monoisotopic (exact) mass is 288 g/mol. The minimum absolute atomic E-state index is 0.199. The van der Waals surface area contributed by atoms with Crippen LogP contribution in [0.15, 0.2) is 0 Å². The predicted molar refractivity (Wildman–Crippen MR) is 75.7 cm³/mol. The van der Waals surface area contributed by atoms with Gasteiger partial charge in [0.25, 0.3) is 0 Å². The SMILES string of the molecule is CC(CC(C)(NC1CC1)C(=O)O)N1CCS(=O)CC1. The molecule has 0 aromatic carbocycles. The molecule has 2 fully saturated rings. The number of carbonyl (C=O) groups is 1. The Kier molecular flexibility index (Phi) is 4.63. The second-order valence-electron chi connectivity index (χ2n) is 5.99. The van der Waals surface area contributed by atoms with Crippen molar-refractivity contribution in [1.29, 1.82) is 0 Å². The third-order valence-electron chi connectivity index (χ3n) is 4.11. The van der Waals surface area contributed by atoms with Crippen LogP contribution in [0.5, 0.6) is 0 Å². The van der Waals surface area contributed by atoms with E-state index in [1.54, 1.807) is 6.92 Å². The highest BCUT2D eigenvalue weighted by Crippen LogP contribution is 2.26. The maximum atomic E-state index is 11.5. The molecule has 1 aliphatic heterocycles. The van der Waals surface area contributed by atoms with E-state index in [0.717, 1.165) is 25.9 Å². The molecule has 2 unspecified atom stereocenters. The highest BCUT2D eigenvalue weighted by atomic mass is 32.2. The van der Waals surface area contributed by atoms with E-state index >= 15 is 0 Å². The minimum atomic E-state index is -0.850. The summed E-state index contributed by atoms with van der Waals surface area (Å²) in [6, 6.07) is 0.576. The summed E-state index contributed by atoms with van der Waals surface area (Å²) in [6.07, 6.45) is 2.76. The van der Waals surface area contributed by atoms with E-state index in [-0.39, 0.29) is 6.04 Å². The number of aliphatic carboxylic acids is 1. The Morgan fingerprint density at radius 2 is 2.05 bits per heavy atom. The highest BCUT2D eigenvalue weighted by Gasteiger charge is 2.40. The van der Waals surface area contributed by atoms with E-state index in [1.165, 1.54) is 0 Å². The van der Waals surface area contributed by atoms with Crippen LogP contribution in [-0.2, 0) is 15.6 Å². The van der Waals surface area contributed by atoms with Crippen molar-refractivity contribution in [3.8, 4) is 0 Å². The summed E-state index contributed by atoms with van der Waals surface area (Å²) < 4.78 is 11.4. The van der Waals surface area contributed by atoms with Crippen molar-refractivity contribution in [3.63, 3.8) is 0 Å². The Hall–Kier alpha value is -0.460. The van der Waals surface area contributed by atoms with Gasteiger partial charge in [-0.05, 0) is 33.1 Å². The third-order valence-corrected chi connectivity index (χ3v) is 5.39. The average molecular weight is 288 g/mol. The fourth-order valence-electron chi connectivity index (χ4n) is 2.70. The number of hydrogen-bond acceptors (Lipinski definition) is 4. The van der Waals surface area contributed by atoms with Crippen LogP contribution in [-0.4, -0.2) is 62.4 Å². The van der Waals surface area contributed by atoms with Gasteiger partial charge in [-0.3, -0.25) is 19.2 Å². The summed E-state index contributed by atoms with van der Waals surface area (Å²) in [5, 5.41) is 12.7. The van der Waals surface area contributed by atoms with Crippen LogP contribution in [0.3, 0.4) is 0 Å². The van der Waals surface area contributed by atoms with E-state index in [0.29, 0.717) is 24.0 Å². The second kappa shape index (κ2) is 5.89. The van der Waals surface area contributed by atoms with Gasteiger partial charge in [0.05, 0.1) is 0 Å². The Labute approximate surface area is 117 Å². The van der Waals surface area contributed by atoms with Crippen LogP contribution >= 0.6 is 0 Å². The fourth-order valence-corrected chi connectivity index (χ4v) is 3.78. The van der Waals surface area contributed by atoms with Gasteiger partial charge in [0.1, 0.15) is 5.54 Å². The summed E-state index contributed by atoms with van der Waals surface area (Å²) in [5.41, 5.74) is -0.850. The number of nitrogens with zero attached hydrogens (tertiary/aromatic N) is 1. The predicted octanol–water partition coefficient (Wildman–Crippen LogP) is 0.425. The molecule has 1 aliphatic carbocycles. The second-order valence-corrected chi connectivity index (χ2v) is 7.69. The summed E-state index contributed by atoms with van der Waals surface area (Å²) >= 11 is 0. The summed E-state index contributed by atoms with van der Waals surface area (Å²) in [4.78, 5) is 13.8. The lowest BCUT2D eigenvalue weighted by Crippen LogP contribution is -2.55. The van der Waals surface area contributed by atoms with Crippen molar-refractivity contribution in [2.24, 2.45) is 0 Å². The van der Waals surface area contributed by atoms with E-state index in [9.17, 15) is 14.1 Å². The van der Waals surface area contributed by atoms with Gasteiger partial charge in [0, 0.05) is 47.5 Å². The van der Waals surface area contributed by atoms with Gasteiger partial charge in [0.2, 0.25) is 0 Å². The molecular weight excluding hydrogens is 264 g/mol. The molecule has 6 heteroatoms. The molecule has 19 heavy (non-hydrogen) atoms. The average Bonchev–Trinajstić information content (AvgIpc) is 3.13. The quantitative estimate of drug-likeness (QED) is 0.741. The van der Waals surface area contributed by atoms with Crippen molar-refractivity contribution in [2.75, 3.05) is 24.6 Å². The molecule has 1 heterocycles. The molecule has 0 bridgehead atoms. The first kappa shape index (κ1) is 14.9. The topological polar surface area (TPSA) is 69.6 Å². The molecule has 0 aromatic rings. The van der Waals surface area contributed by atoms with Crippen LogP contribution in [0.25, 0.3) is 0 Å². The van der Waals surface area contributed by atoms with E-state index in [1.807, 2.05) is 0 Å². The van der Waals surface area contributed by atoms with E-state index in [4.69, 9.17) is 0 Å². The largest absolute Gasteiger partial charge is 0.480 e. The van der Waals surface area contributed by atoms with E-state index < -0.39 is 22.3 Å². The van der Waals surface area contributed by atoms with Gasteiger partial charge in [0.15, 0.2) is 0 Å². The van der Waals surface area contributed by atoms with Crippen LogP contribution < -0.4 is 5.32 Å². The molecule has 2 rings (SSSR count). The first-order valence-corrected chi connectivity index (χ1v) is 8.49. The number of carboxylic acid groups (broad SMARTS) is 1. The molecule has 0 spiro atoms. The Morgan fingerprint density at radius 1 is 1.47 bits per heavy atom. The molecule has 110 valence electrons. The van der Waals surface area contributed by atoms with Crippen molar-refractivity contribution >= 4 is 16.8 Å². The van der Waals surface area contributed by atoms with Crippen molar-refractivity contribution < 1.29 is 14.1 Å². The molecule has 0 aromatic heterocycles. The summed E-state index contributed by atoms with van der Waals surface area (Å²) in [5.74, 6) is 0.654. The smallest absolute Gasteiger partial charge is 0.323 e. The lowest BCUT2D eigenvalue weighted by atomic mass is 9.92. The van der Waals surface area contributed by atoms with Gasteiger partial charge >= 0.3 is 5.97 Å². The number of nitrogens with one attached hydrogen (secondary N) is 1. The molecule has 0 radical (unpaired) electrons. The highest BCUT2D eigenvalue weighted by molar-refractivity contribution is 7.85. The first-order valence-electron chi connectivity index (χ1n) is 7.01. The molecule has 1 saturated heterocycles. The van der Waals surface area contributed by atoms with Crippen molar-refractivity contribution in [2.45, 2.75) is 50.7 Å². The molecule has 0 amide bonds. The van der Waals surface area contributed by atoms with Crippen LogP contribution in [0.2, 0.25) is 0 Å². The molecule has 2 N–H and O–H groups in total. The normalized spacial score (nSPS) is 26.8. The zero-order valence-corrected chi connectivity index (χ0v) is 12.5. The standard InChI is InChI=1S/C13H24N2O3S/c1-10(15-5-7-19(18)8-6-15)9-13(2,12(16)17)14-11-3-4-11/h10-11,14H,3-9H2,1-2H3,(H,16,17). The number of carboxylic acids is 1. The lowest BCUT2D eigenvalue weighted by Gasteiger charge is -2.37. The molecule has 1 saturated carbocycles. The van der Waals surface area contributed by atoms with Crippen molar-refractivity contribution in [1.82, 2.24) is 10.2 Å². The summed E-state index contributed by atoms with van der Waals surface area (Å²) in [7, 11) is -0.682. The lowest BCUT2D eigenvalue weighted by molar-refractivity contribution is -0.145. The van der Waals surface area contributed by atoms with Gasteiger partial charge in [-0.15, -0.1) is 0 Å². The molecule has 2 atom stereocenters. The minimum Gasteiger partial charge on any atom is -0.480 e. The molecular formula is C13H24N2O3S. The van der Waals surface area contributed by atoms with Gasteiger partial charge in [-0.25, -0.2) is 0 Å². The summed E-state index contributed by atoms with van der Waals surface area (Å²) in [6.45, 7) is 5.48. The first-order chi connectivity index (χ1) is 8.90. The van der Waals surface area contributed by atoms with Crippen LogP contribution in [0.1, 0.15) is 33.1 Å². The van der Waals surface area contributed by atoms with Crippen molar-refractivity contribution in [3.05, 3.63) is 0 Å². The number of hydrogen-bond donors (Lipinski definition) is 2. The molecule has 5 nitrogen and oxygen atoms in total. The third kappa shape index (κ3) is 4.00. The maximum Gasteiger partial charge on any atom is 0.323 e. The maximum absolute atomic E-state index is 11.5. The Morgan fingerprint density at radius 3 is 2.53 bits per heavy atom. The Bertz CT molecular complexity index is 363. The Balaban J connectivity index is 1.92. The van der Waals surface area contributed by atoms with Gasteiger partial charge in [-0.2, -0.15) is 0 Å². The fraction of sp³-hybridized carbons (Fsp3) is 0.923.